The van der Waals surface area contributed by atoms with E-state index in [0.717, 1.165) is 31.5 Å². The molecule has 0 bridgehead atoms. The topological polar surface area (TPSA) is 83.5 Å². The molecule has 0 unspecified atom stereocenters. The van der Waals surface area contributed by atoms with E-state index in [2.05, 4.69) is 5.32 Å². The van der Waals surface area contributed by atoms with Crippen LogP contribution in [0.1, 0.15) is 56.1 Å². The maximum Gasteiger partial charge on any atom is 0.241 e. The van der Waals surface area contributed by atoms with E-state index in [4.69, 9.17) is 0 Å². The summed E-state index contributed by atoms with van der Waals surface area (Å²) >= 11 is 0. The highest BCUT2D eigenvalue weighted by atomic mass is 32.2. The van der Waals surface area contributed by atoms with Crippen molar-refractivity contribution in [2.45, 2.75) is 68.4 Å². The maximum absolute atomic E-state index is 13.5. The van der Waals surface area contributed by atoms with Crippen molar-refractivity contribution < 1.29 is 18.0 Å². The third-order valence-electron chi connectivity index (χ3n) is 6.06. The molecule has 1 aliphatic carbocycles. The first-order chi connectivity index (χ1) is 13.3. The normalized spacial score (nSPS) is 19.0. The Morgan fingerprint density at radius 2 is 1.71 bits per heavy atom. The minimum Gasteiger partial charge on any atom is -0.354 e. The predicted molar refractivity (Wildman–Crippen MR) is 108 cm³/mol. The van der Waals surface area contributed by atoms with Gasteiger partial charge < -0.3 is 10.2 Å². The van der Waals surface area contributed by atoms with Gasteiger partial charge >= 0.3 is 0 Å². The number of rotatable bonds is 6. The molecule has 1 heterocycles. The van der Waals surface area contributed by atoms with Crippen LogP contribution in [0.3, 0.4) is 0 Å². The number of carbonyl (C=O) groups is 2. The number of hydrogen-bond donors (Lipinski definition) is 1. The Kier molecular flexibility index (Phi) is 6.12. The third-order valence-corrected chi connectivity index (χ3v) is 8.70. The molecule has 0 radical (unpaired) electrons. The number of carbonyl (C=O) groups excluding carboxylic acids is 2. The van der Waals surface area contributed by atoms with Crippen LogP contribution in [0.2, 0.25) is 0 Å². The second kappa shape index (κ2) is 8.23. The second-order valence-corrected chi connectivity index (χ2v) is 10.3. The molecule has 3 rings (SSSR count). The molecule has 28 heavy (non-hydrogen) atoms. The Morgan fingerprint density at radius 1 is 1.07 bits per heavy atom. The summed E-state index contributed by atoms with van der Waals surface area (Å²) in [5.41, 5.74) is 1.52. The quantitative estimate of drug-likeness (QED) is 0.787. The number of aryl methyl sites for hydroxylation is 2. The van der Waals surface area contributed by atoms with E-state index >= 15 is 0 Å². The summed E-state index contributed by atoms with van der Waals surface area (Å²) in [5, 5.41) is 2.76. The van der Waals surface area contributed by atoms with Gasteiger partial charge in [-0.05, 0) is 56.7 Å². The van der Waals surface area contributed by atoms with Gasteiger partial charge in [-0.25, -0.2) is 8.42 Å². The zero-order chi connectivity index (χ0) is 20.4. The van der Waals surface area contributed by atoms with Crippen molar-refractivity contribution in [3.05, 3.63) is 29.3 Å². The van der Waals surface area contributed by atoms with Crippen molar-refractivity contribution >= 4 is 21.7 Å². The monoisotopic (exact) mass is 406 g/mol. The number of benzene rings is 1. The molecule has 2 fully saturated rings. The van der Waals surface area contributed by atoms with Crippen molar-refractivity contribution in [2.24, 2.45) is 0 Å². The first kappa shape index (κ1) is 20.8. The van der Waals surface area contributed by atoms with Crippen LogP contribution >= 0.6 is 0 Å². The van der Waals surface area contributed by atoms with Crippen LogP contribution in [0.25, 0.3) is 0 Å². The van der Waals surface area contributed by atoms with Crippen LogP contribution in [0.4, 0.5) is 0 Å². The number of sulfone groups is 1. The molecular weight excluding hydrogens is 376 g/mol. The second-order valence-electron chi connectivity index (χ2n) is 8.07. The van der Waals surface area contributed by atoms with Gasteiger partial charge in [0.25, 0.3) is 0 Å². The van der Waals surface area contributed by atoms with Gasteiger partial charge in [0.1, 0.15) is 0 Å². The van der Waals surface area contributed by atoms with Gasteiger partial charge in [-0.2, -0.15) is 0 Å². The Labute approximate surface area is 167 Å². The fourth-order valence-corrected chi connectivity index (χ4v) is 6.74. The third kappa shape index (κ3) is 3.81. The van der Waals surface area contributed by atoms with E-state index < -0.39 is 20.5 Å². The van der Waals surface area contributed by atoms with Crippen molar-refractivity contribution in [3.8, 4) is 0 Å². The lowest BCUT2D eigenvalue weighted by Crippen LogP contribution is -2.51. The molecule has 2 aliphatic rings. The van der Waals surface area contributed by atoms with Crippen LogP contribution in [0.15, 0.2) is 23.1 Å². The molecule has 1 aromatic carbocycles. The largest absolute Gasteiger partial charge is 0.354 e. The Hall–Kier alpha value is -1.89. The van der Waals surface area contributed by atoms with Crippen molar-refractivity contribution in [2.75, 3.05) is 19.6 Å². The maximum atomic E-state index is 13.5. The van der Waals surface area contributed by atoms with E-state index in [1.807, 2.05) is 17.9 Å². The summed E-state index contributed by atoms with van der Waals surface area (Å²) in [5.74, 6) is -0.434. The molecule has 154 valence electrons. The summed E-state index contributed by atoms with van der Waals surface area (Å²) in [6, 6.07) is 5.33. The summed E-state index contributed by atoms with van der Waals surface area (Å²) in [4.78, 5) is 27.3. The highest BCUT2D eigenvalue weighted by Crippen LogP contribution is 2.41. The standard InChI is InChI=1S/C21H30N2O4S/c1-16-7-8-17(2)18(15-16)28(26,27)21(10-3-4-11-21)20(25)22-12-9-19(24)23-13-5-6-14-23/h7-8,15H,3-6,9-14H2,1-2H3,(H,22,25). The zero-order valence-corrected chi connectivity index (χ0v) is 17.6. The number of amides is 2. The number of nitrogens with one attached hydrogen (secondary N) is 1. The van der Waals surface area contributed by atoms with Crippen LogP contribution in [0, 0.1) is 13.8 Å². The van der Waals surface area contributed by atoms with Gasteiger partial charge in [0.05, 0.1) is 4.90 Å². The summed E-state index contributed by atoms with van der Waals surface area (Å²) in [6.07, 6.45) is 4.34. The Bertz CT molecular complexity index is 851. The van der Waals surface area contributed by atoms with Crippen LogP contribution in [-0.2, 0) is 19.4 Å². The first-order valence-electron chi connectivity index (χ1n) is 10.2. The highest BCUT2D eigenvalue weighted by molar-refractivity contribution is 7.93. The molecule has 1 saturated carbocycles. The van der Waals surface area contributed by atoms with E-state index in [-0.39, 0.29) is 23.8 Å². The van der Waals surface area contributed by atoms with Crippen LogP contribution in [-0.4, -0.2) is 49.5 Å². The molecule has 1 saturated heterocycles. The average Bonchev–Trinajstić information content (AvgIpc) is 3.36. The van der Waals surface area contributed by atoms with Gasteiger partial charge in [-0.15, -0.1) is 0 Å². The minimum atomic E-state index is -3.83. The number of hydrogen-bond acceptors (Lipinski definition) is 4. The lowest BCUT2D eigenvalue weighted by Gasteiger charge is -2.28. The Morgan fingerprint density at radius 3 is 2.36 bits per heavy atom. The minimum absolute atomic E-state index is 0.0238. The van der Waals surface area contributed by atoms with Crippen LogP contribution < -0.4 is 5.32 Å². The zero-order valence-electron chi connectivity index (χ0n) is 16.8. The number of likely N-dealkylation sites (tertiary alicyclic amines) is 1. The summed E-state index contributed by atoms with van der Waals surface area (Å²) < 4.78 is 25.7. The summed E-state index contributed by atoms with van der Waals surface area (Å²) in [7, 11) is -3.83. The van der Waals surface area contributed by atoms with Crippen molar-refractivity contribution in [3.63, 3.8) is 0 Å². The van der Waals surface area contributed by atoms with Gasteiger partial charge in [0.15, 0.2) is 14.6 Å². The Balaban J connectivity index is 1.76. The summed E-state index contributed by atoms with van der Waals surface area (Å²) in [6.45, 7) is 5.35. The molecule has 0 atom stereocenters. The predicted octanol–water partition coefficient (Wildman–Crippen LogP) is 2.52. The molecular formula is C21H30N2O4S. The molecule has 2 amide bonds. The number of nitrogens with zero attached hydrogens (tertiary/aromatic N) is 1. The molecule has 1 aromatic rings. The highest BCUT2D eigenvalue weighted by Gasteiger charge is 2.53. The van der Waals surface area contributed by atoms with E-state index in [9.17, 15) is 18.0 Å². The lowest BCUT2D eigenvalue weighted by atomic mass is 10.1. The van der Waals surface area contributed by atoms with Gasteiger partial charge in [-0.1, -0.05) is 25.0 Å². The average molecular weight is 407 g/mol. The van der Waals surface area contributed by atoms with Gasteiger partial charge in [-0.3, -0.25) is 9.59 Å². The fraction of sp³-hybridized carbons (Fsp3) is 0.619. The molecule has 0 aromatic heterocycles. The molecule has 0 spiro atoms. The molecule has 6 nitrogen and oxygen atoms in total. The van der Waals surface area contributed by atoms with E-state index in [0.29, 0.717) is 31.2 Å². The fourth-order valence-electron chi connectivity index (χ4n) is 4.34. The molecule has 7 heteroatoms. The van der Waals surface area contributed by atoms with Crippen LogP contribution in [0.5, 0.6) is 0 Å². The van der Waals surface area contributed by atoms with E-state index in [1.165, 1.54) is 0 Å². The van der Waals surface area contributed by atoms with Crippen molar-refractivity contribution in [1.29, 1.82) is 0 Å². The first-order valence-corrected chi connectivity index (χ1v) is 11.6. The SMILES string of the molecule is Cc1ccc(C)c(S(=O)(=O)C2(C(=O)NCCC(=O)N3CCCC3)CCCC2)c1. The lowest BCUT2D eigenvalue weighted by molar-refractivity contribution is -0.130. The van der Waals surface area contributed by atoms with E-state index in [1.54, 1.807) is 19.1 Å². The van der Waals surface area contributed by atoms with Gasteiger partial charge in [0, 0.05) is 26.1 Å². The smallest absolute Gasteiger partial charge is 0.241 e. The molecule has 1 N–H and O–H groups in total. The van der Waals surface area contributed by atoms with Gasteiger partial charge in [0.2, 0.25) is 11.8 Å². The molecule has 1 aliphatic heterocycles. The van der Waals surface area contributed by atoms with Crippen molar-refractivity contribution in [1.82, 2.24) is 10.2 Å².